The number of hydrogen-bond donors (Lipinski definition) is 2. The van der Waals surface area contributed by atoms with Crippen LogP contribution in [0.5, 0.6) is 0 Å². The molecule has 130 valence electrons. The van der Waals surface area contributed by atoms with Crippen molar-refractivity contribution >= 4 is 23.2 Å². The van der Waals surface area contributed by atoms with Gasteiger partial charge in [-0.15, -0.1) is 0 Å². The van der Waals surface area contributed by atoms with E-state index in [-0.39, 0.29) is 24.1 Å². The van der Waals surface area contributed by atoms with Gasteiger partial charge in [0.2, 0.25) is 5.91 Å². The Kier molecular flexibility index (Phi) is 7.12. The molecule has 0 atom stereocenters. The van der Waals surface area contributed by atoms with E-state index >= 15 is 0 Å². The average Bonchev–Trinajstić information content (AvgIpc) is 2.57. The summed E-state index contributed by atoms with van der Waals surface area (Å²) < 4.78 is 0. The quantitative estimate of drug-likeness (QED) is 0.681. The molecule has 1 aliphatic carbocycles. The summed E-state index contributed by atoms with van der Waals surface area (Å²) in [6.07, 6.45) is 6.57. The molecule has 0 radical (unpaired) electrons. The molecule has 1 amide bonds. The summed E-state index contributed by atoms with van der Waals surface area (Å²) in [7, 11) is 0. The van der Waals surface area contributed by atoms with Crippen LogP contribution in [0.25, 0.3) is 0 Å². The van der Waals surface area contributed by atoms with E-state index in [9.17, 15) is 14.4 Å². The Balaban J connectivity index is 1.69. The number of carbonyl (C=O) groups is 3. The summed E-state index contributed by atoms with van der Waals surface area (Å²) in [6.45, 7) is -0.380. The summed E-state index contributed by atoms with van der Waals surface area (Å²) in [5.74, 6) is 0.0379. The Morgan fingerprint density at radius 3 is 2.54 bits per heavy atom. The molecule has 0 heterocycles. The lowest BCUT2D eigenvalue weighted by Crippen LogP contribution is -2.14. The number of unbranched alkanes of at least 4 members (excludes halogenated alkanes) is 3. The number of hydrogen-bond acceptors (Lipinski definition) is 4. The van der Waals surface area contributed by atoms with E-state index in [1.54, 1.807) is 6.07 Å². The van der Waals surface area contributed by atoms with Crippen LogP contribution in [0.15, 0.2) is 18.2 Å². The zero-order valence-electron chi connectivity index (χ0n) is 14.0. The van der Waals surface area contributed by atoms with Crippen LogP contribution in [0.1, 0.15) is 67.3 Å². The number of Topliss-reactive ketones (excluding diaryl/α,β-unsaturated/α-hetero) is 2. The van der Waals surface area contributed by atoms with Crippen LogP contribution in [-0.2, 0) is 16.0 Å². The largest absolute Gasteiger partial charge is 0.389 e. The first-order chi connectivity index (χ1) is 11.6. The molecule has 2 rings (SSSR count). The van der Waals surface area contributed by atoms with Gasteiger partial charge in [0.05, 0.1) is 0 Å². The number of amides is 1. The molecule has 24 heavy (non-hydrogen) atoms. The van der Waals surface area contributed by atoms with Crippen molar-refractivity contribution in [3.05, 3.63) is 29.3 Å². The minimum Gasteiger partial charge on any atom is -0.389 e. The third-order valence-corrected chi connectivity index (χ3v) is 4.33. The fourth-order valence-corrected chi connectivity index (χ4v) is 2.99. The maximum Gasteiger partial charge on any atom is 0.224 e. The molecular formula is C19H25NO4. The third kappa shape index (κ3) is 5.57. The van der Waals surface area contributed by atoms with Crippen molar-refractivity contribution in [3.8, 4) is 0 Å². The van der Waals surface area contributed by atoms with Crippen molar-refractivity contribution in [3.63, 3.8) is 0 Å². The van der Waals surface area contributed by atoms with Crippen LogP contribution in [0.3, 0.4) is 0 Å². The minimum absolute atomic E-state index is 0.0245. The van der Waals surface area contributed by atoms with Gasteiger partial charge in [-0.1, -0.05) is 12.8 Å². The summed E-state index contributed by atoms with van der Waals surface area (Å²) in [4.78, 5) is 34.7. The van der Waals surface area contributed by atoms with Gasteiger partial charge in [0, 0.05) is 30.5 Å². The van der Waals surface area contributed by atoms with Crippen molar-refractivity contribution in [1.82, 2.24) is 0 Å². The molecule has 0 saturated carbocycles. The summed E-state index contributed by atoms with van der Waals surface area (Å²) >= 11 is 0. The molecule has 0 aliphatic heterocycles. The predicted molar refractivity (Wildman–Crippen MR) is 92.1 cm³/mol. The van der Waals surface area contributed by atoms with Gasteiger partial charge in [-0.3, -0.25) is 14.4 Å². The molecule has 1 aliphatic rings. The van der Waals surface area contributed by atoms with Crippen LogP contribution >= 0.6 is 0 Å². The van der Waals surface area contributed by atoms with Gasteiger partial charge in [0.25, 0.3) is 0 Å². The number of aryl methyl sites for hydroxylation is 1. The number of fused-ring (bicyclic) bond motifs is 1. The lowest BCUT2D eigenvalue weighted by atomic mass is 9.90. The molecule has 0 spiro atoms. The van der Waals surface area contributed by atoms with E-state index in [0.29, 0.717) is 19.3 Å². The molecule has 1 aromatic carbocycles. The fraction of sp³-hybridized carbons (Fsp3) is 0.526. The average molecular weight is 331 g/mol. The molecule has 2 N–H and O–H groups in total. The molecule has 5 nitrogen and oxygen atoms in total. The molecule has 0 fully saturated rings. The van der Waals surface area contributed by atoms with Crippen LogP contribution in [0.4, 0.5) is 5.69 Å². The summed E-state index contributed by atoms with van der Waals surface area (Å²) in [6, 6.07) is 5.51. The maximum absolute atomic E-state index is 12.0. The van der Waals surface area contributed by atoms with E-state index in [4.69, 9.17) is 5.11 Å². The molecule has 5 heteroatoms. The van der Waals surface area contributed by atoms with E-state index < -0.39 is 0 Å². The Morgan fingerprint density at radius 1 is 1.04 bits per heavy atom. The number of ketones is 2. The van der Waals surface area contributed by atoms with Gasteiger partial charge in [-0.25, -0.2) is 0 Å². The molecule has 0 saturated heterocycles. The fourth-order valence-electron chi connectivity index (χ4n) is 2.99. The first-order valence-corrected chi connectivity index (χ1v) is 8.68. The van der Waals surface area contributed by atoms with E-state index in [2.05, 4.69) is 5.32 Å². The Hall–Kier alpha value is -2.01. The van der Waals surface area contributed by atoms with Crippen LogP contribution in [0.2, 0.25) is 0 Å². The molecule has 1 aromatic rings. The second kappa shape index (κ2) is 9.33. The molecule has 0 bridgehead atoms. The zero-order chi connectivity index (χ0) is 17.4. The van der Waals surface area contributed by atoms with Crippen LogP contribution in [0, 0.1) is 0 Å². The number of carbonyl (C=O) groups excluding carboxylic acids is 3. The SMILES string of the molecule is O=C(CO)CCCCCCC(=O)Nc1ccc2c(c1)CCCC2=O. The number of aliphatic hydroxyl groups excluding tert-OH is 1. The second-order valence-corrected chi connectivity index (χ2v) is 6.31. The number of aliphatic hydroxyl groups is 1. The summed E-state index contributed by atoms with van der Waals surface area (Å²) in [5.41, 5.74) is 2.57. The van der Waals surface area contributed by atoms with E-state index in [1.807, 2.05) is 12.1 Å². The monoisotopic (exact) mass is 331 g/mol. The standard InChI is InChI=1S/C19H25NO4/c21-13-16(22)7-3-1-2-4-9-19(24)20-15-10-11-17-14(12-15)6-5-8-18(17)23/h10-12,21H,1-9,13H2,(H,20,24). The van der Waals surface area contributed by atoms with Crippen molar-refractivity contribution < 1.29 is 19.5 Å². The topological polar surface area (TPSA) is 83.5 Å². The van der Waals surface area contributed by atoms with Crippen LogP contribution in [-0.4, -0.2) is 29.2 Å². The van der Waals surface area contributed by atoms with E-state index in [1.165, 1.54) is 0 Å². The number of benzene rings is 1. The number of anilines is 1. The molecular weight excluding hydrogens is 306 g/mol. The maximum atomic E-state index is 12.0. The summed E-state index contributed by atoms with van der Waals surface area (Å²) in [5, 5.41) is 11.5. The first kappa shape index (κ1) is 18.3. The number of nitrogens with one attached hydrogen (secondary N) is 1. The van der Waals surface area contributed by atoms with Crippen molar-refractivity contribution in [2.45, 2.75) is 57.8 Å². The minimum atomic E-state index is -0.380. The van der Waals surface area contributed by atoms with Crippen LogP contribution < -0.4 is 5.32 Å². The normalized spacial score (nSPS) is 13.5. The Morgan fingerprint density at radius 2 is 1.79 bits per heavy atom. The van der Waals surface area contributed by atoms with Crippen molar-refractivity contribution in [2.75, 3.05) is 11.9 Å². The van der Waals surface area contributed by atoms with E-state index in [0.717, 1.165) is 55.3 Å². The molecule has 0 aromatic heterocycles. The highest BCUT2D eigenvalue weighted by molar-refractivity contribution is 5.99. The highest BCUT2D eigenvalue weighted by atomic mass is 16.3. The van der Waals surface area contributed by atoms with Gasteiger partial charge < -0.3 is 10.4 Å². The Labute approximate surface area is 142 Å². The highest BCUT2D eigenvalue weighted by Crippen LogP contribution is 2.24. The highest BCUT2D eigenvalue weighted by Gasteiger charge is 2.17. The number of rotatable bonds is 9. The lowest BCUT2D eigenvalue weighted by molar-refractivity contribution is -0.122. The van der Waals surface area contributed by atoms with Gasteiger partial charge in [-0.2, -0.15) is 0 Å². The Bertz CT molecular complexity index is 609. The zero-order valence-corrected chi connectivity index (χ0v) is 14.0. The van der Waals surface area contributed by atoms with Crippen molar-refractivity contribution in [2.24, 2.45) is 0 Å². The molecule has 0 unspecified atom stereocenters. The predicted octanol–water partition coefficient (Wildman–Crippen LogP) is 3.05. The third-order valence-electron chi connectivity index (χ3n) is 4.33. The van der Waals surface area contributed by atoms with Gasteiger partial charge in [0.1, 0.15) is 6.61 Å². The second-order valence-electron chi connectivity index (χ2n) is 6.31. The van der Waals surface area contributed by atoms with Gasteiger partial charge in [0.15, 0.2) is 11.6 Å². The smallest absolute Gasteiger partial charge is 0.224 e. The lowest BCUT2D eigenvalue weighted by Gasteiger charge is -2.16. The first-order valence-electron chi connectivity index (χ1n) is 8.68. The van der Waals surface area contributed by atoms with Gasteiger partial charge in [-0.05, 0) is 49.4 Å². The van der Waals surface area contributed by atoms with Crippen molar-refractivity contribution in [1.29, 1.82) is 0 Å². The van der Waals surface area contributed by atoms with Gasteiger partial charge >= 0.3 is 0 Å².